The molecule has 0 saturated carbocycles. The highest BCUT2D eigenvalue weighted by molar-refractivity contribution is 7.89. The molecule has 102 valence electrons. The van der Waals surface area contributed by atoms with Crippen LogP contribution in [0, 0.1) is 0 Å². The second-order valence-electron chi connectivity index (χ2n) is 4.81. The first-order valence-electron chi connectivity index (χ1n) is 6.31. The van der Waals surface area contributed by atoms with E-state index in [0.29, 0.717) is 25.7 Å². The Bertz CT molecular complexity index is 298. The Balaban J connectivity index is 2.11. The van der Waals surface area contributed by atoms with Crippen LogP contribution < -0.4 is 10.0 Å². The SMILES string of the molecule is CC(C)NCCCCS(=O)(=O)NC1CCOC1. The van der Waals surface area contributed by atoms with Gasteiger partial charge in [-0.15, -0.1) is 0 Å². The molecule has 0 amide bonds. The molecule has 1 fully saturated rings. The van der Waals surface area contributed by atoms with E-state index in [1.54, 1.807) is 0 Å². The Morgan fingerprint density at radius 3 is 2.71 bits per heavy atom. The van der Waals surface area contributed by atoms with Crippen LogP contribution in [0.2, 0.25) is 0 Å². The molecule has 1 unspecified atom stereocenters. The summed E-state index contributed by atoms with van der Waals surface area (Å²) in [5.74, 6) is 0.212. The zero-order valence-corrected chi connectivity index (χ0v) is 11.6. The van der Waals surface area contributed by atoms with Crippen molar-refractivity contribution in [1.29, 1.82) is 0 Å². The van der Waals surface area contributed by atoms with E-state index in [4.69, 9.17) is 4.74 Å². The third-order valence-corrected chi connectivity index (χ3v) is 4.19. The van der Waals surface area contributed by atoms with Gasteiger partial charge >= 0.3 is 0 Å². The molecular formula is C11H24N2O3S. The van der Waals surface area contributed by atoms with Gasteiger partial charge in [-0.25, -0.2) is 13.1 Å². The summed E-state index contributed by atoms with van der Waals surface area (Å²) in [6.07, 6.45) is 2.37. The summed E-state index contributed by atoms with van der Waals surface area (Å²) >= 11 is 0. The van der Waals surface area contributed by atoms with Gasteiger partial charge in [-0.2, -0.15) is 0 Å². The predicted octanol–water partition coefficient (Wildman–Crippen LogP) is 0.473. The average molecular weight is 264 g/mol. The zero-order chi connectivity index (χ0) is 12.7. The van der Waals surface area contributed by atoms with Gasteiger partial charge in [0.2, 0.25) is 10.0 Å². The zero-order valence-electron chi connectivity index (χ0n) is 10.7. The number of hydrogen-bond donors (Lipinski definition) is 2. The van der Waals surface area contributed by atoms with E-state index in [9.17, 15) is 8.42 Å². The molecule has 6 heteroatoms. The molecule has 1 aliphatic heterocycles. The summed E-state index contributed by atoms with van der Waals surface area (Å²) < 4.78 is 31.2. The van der Waals surface area contributed by atoms with Gasteiger partial charge in [-0.1, -0.05) is 13.8 Å². The van der Waals surface area contributed by atoms with Crippen LogP contribution in [0.25, 0.3) is 0 Å². The predicted molar refractivity (Wildman–Crippen MR) is 68.5 cm³/mol. The number of unbranched alkanes of at least 4 members (excludes halogenated alkanes) is 1. The second-order valence-corrected chi connectivity index (χ2v) is 6.69. The summed E-state index contributed by atoms with van der Waals surface area (Å²) in [7, 11) is -3.12. The fourth-order valence-electron chi connectivity index (χ4n) is 1.75. The number of nitrogens with one attached hydrogen (secondary N) is 2. The molecule has 0 radical (unpaired) electrons. The smallest absolute Gasteiger partial charge is 0.211 e. The minimum absolute atomic E-state index is 0.0196. The maximum Gasteiger partial charge on any atom is 0.211 e. The van der Waals surface area contributed by atoms with Crippen LogP contribution in [0.3, 0.4) is 0 Å². The number of hydrogen-bond acceptors (Lipinski definition) is 4. The first-order chi connectivity index (χ1) is 7.99. The Kier molecular flexibility index (Phi) is 6.40. The summed E-state index contributed by atoms with van der Waals surface area (Å²) in [5.41, 5.74) is 0. The van der Waals surface area contributed by atoms with E-state index in [1.165, 1.54) is 0 Å². The van der Waals surface area contributed by atoms with Crippen LogP contribution in [-0.4, -0.2) is 46.0 Å². The molecule has 0 aliphatic carbocycles. The van der Waals surface area contributed by atoms with Crippen molar-refractivity contribution in [3.8, 4) is 0 Å². The molecule has 1 heterocycles. The highest BCUT2D eigenvalue weighted by Crippen LogP contribution is 2.05. The van der Waals surface area contributed by atoms with E-state index in [0.717, 1.165) is 19.4 Å². The van der Waals surface area contributed by atoms with Crippen LogP contribution in [0.15, 0.2) is 0 Å². The lowest BCUT2D eigenvalue weighted by molar-refractivity contribution is 0.192. The maximum absolute atomic E-state index is 11.7. The molecule has 1 rings (SSSR count). The van der Waals surface area contributed by atoms with Crippen molar-refractivity contribution in [3.05, 3.63) is 0 Å². The van der Waals surface area contributed by atoms with Crippen molar-refractivity contribution in [2.24, 2.45) is 0 Å². The minimum atomic E-state index is -3.12. The van der Waals surface area contributed by atoms with Crippen molar-refractivity contribution in [3.63, 3.8) is 0 Å². The third-order valence-electron chi connectivity index (χ3n) is 2.67. The molecule has 1 aliphatic rings. The van der Waals surface area contributed by atoms with Crippen LogP contribution in [0.5, 0.6) is 0 Å². The molecule has 0 aromatic rings. The quantitative estimate of drug-likeness (QED) is 0.626. The summed E-state index contributed by atoms with van der Waals surface area (Å²) in [6.45, 7) is 6.20. The van der Waals surface area contributed by atoms with Gasteiger partial charge in [0, 0.05) is 18.7 Å². The van der Waals surface area contributed by atoms with E-state index in [2.05, 4.69) is 23.9 Å². The topological polar surface area (TPSA) is 67.4 Å². The van der Waals surface area contributed by atoms with Crippen molar-refractivity contribution >= 4 is 10.0 Å². The monoisotopic (exact) mass is 264 g/mol. The van der Waals surface area contributed by atoms with Gasteiger partial charge in [0.1, 0.15) is 0 Å². The molecule has 0 aromatic carbocycles. The van der Waals surface area contributed by atoms with Crippen molar-refractivity contribution in [2.45, 2.75) is 45.2 Å². The fraction of sp³-hybridized carbons (Fsp3) is 1.00. The lowest BCUT2D eigenvalue weighted by Crippen LogP contribution is -2.36. The fourth-order valence-corrected chi connectivity index (χ4v) is 3.14. The molecule has 5 nitrogen and oxygen atoms in total. The summed E-state index contributed by atoms with van der Waals surface area (Å²) in [4.78, 5) is 0. The minimum Gasteiger partial charge on any atom is -0.380 e. The standard InChI is InChI=1S/C11H24N2O3S/c1-10(2)12-6-3-4-8-17(14,15)13-11-5-7-16-9-11/h10-13H,3-9H2,1-2H3. The van der Waals surface area contributed by atoms with Crippen molar-refractivity contribution < 1.29 is 13.2 Å². The van der Waals surface area contributed by atoms with Gasteiger partial charge in [0.05, 0.1) is 12.4 Å². The number of rotatable bonds is 8. The first-order valence-corrected chi connectivity index (χ1v) is 7.96. The molecule has 1 atom stereocenters. The van der Waals surface area contributed by atoms with Crippen LogP contribution in [-0.2, 0) is 14.8 Å². The Hall–Kier alpha value is -0.170. The highest BCUT2D eigenvalue weighted by Gasteiger charge is 2.21. The molecular weight excluding hydrogens is 240 g/mol. The van der Waals surface area contributed by atoms with Gasteiger partial charge in [0.15, 0.2) is 0 Å². The summed E-state index contributed by atoms with van der Waals surface area (Å²) in [5, 5.41) is 3.27. The molecule has 17 heavy (non-hydrogen) atoms. The van der Waals surface area contributed by atoms with Crippen LogP contribution >= 0.6 is 0 Å². The van der Waals surface area contributed by atoms with Crippen LogP contribution in [0.1, 0.15) is 33.1 Å². The van der Waals surface area contributed by atoms with Gasteiger partial charge in [0.25, 0.3) is 0 Å². The van der Waals surface area contributed by atoms with E-state index in [1.807, 2.05) is 0 Å². The molecule has 0 aromatic heterocycles. The lowest BCUT2D eigenvalue weighted by Gasteiger charge is -2.11. The van der Waals surface area contributed by atoms with Crippen LogP contribution in [0.4, 0.5) is 0 Å². The molecule has 1 saturated heterocycles. The largest absolute Gasteiger partial charge is 0.380 e. The first kappa shape index (κ1) is 14.9. The van der Waals surface area contributed by atoms with Crippen molar-refractivity contribution in [2.75, 3.05) is 25.5 Å². The molecule has 2 N–H and O–H groups in total. The third kappa shape index (κ3) is 6.98. The Morgan fingerprint density at radius 1 is 1.35 bits per heavy atom. The maximum atomic E-state index is 11.7. The second kappa shape index (κ2) is 7.31. The van der Waals surface area contributed by atoms with E-state index in [-0.39, 0.29) is 11.8 Å². The molecule has 0 bridgehead atoms. The Morgan fingerprint density at radius 2 is 2.12 bits per heavy atom. The van der Waals surface area contributed by atoms with Gasteiger partial charge in [-0.05, 0) is 25.8 Å². The molecule has 0 spiro atoms. The Labute approximate surface area is 104 Å². The summed E-state index contributed by atoms with van der Waals surface area (Å²) in [6, 6.07) is 0.439. The van der Waals surface area contributed by atoms with E-state index >= 15 is 0 Å². The average Bonchev–Trinajstić information content (AvgIpc) is 2.68. The number of sulfonamides is 1. The van der Waals surface area contributed by atoms with Gasteiger partial charge in [-0.3, -0.25) is 0 Å². The van der Waals surface area contributed by atoms with Crippen molar-refractivity contribution in [1.82, 2.24) is 10.0 Å². The highest BCUT2D eigenvalue weighted by atomic mass is 32.2. The number of ether oxygens (including phenoxy) is 1. The normalized spacial score (nSPS) is 21.2. The van der Waals surface area contributed by atoms with E-state index < -0.39 is 10.0 Å². The van der Waals surface area contributed by atoms with Gasteiger partial charge < -0.3 is 10.1 Å². The lowest BCUT2D eigenvalue weighted by atomic mass is 10.3.